The molecule has 0 saturated heterocycles. The Morgan fingerprint density at radius 1 is 0.667 bits per heavy atom. The summed E-state index contributed by atoms with van der Waals surface area (Å²) in [6.07, 6.45) is 1.53. The van der Waals surface area contributed by atoms with E-state index in [2.05, 4.69) is 21.3 Å². The first-order chi connectivity index (χ1) is 24.7. The second-order valence-corrected chi connectivity index (χ2v) is 12.3. The zero-order valence-corrected chi connectivity index (χ0v) is 29.0. The van der Waals surface area contributed by atoms with Crippen LogP contribution in [0.1, 0.15) is 33.7 Å². The molecule has 10 nitrogen and oxygen atoms in total. The third kappa shape index (κ3) is 10.1. The molecule has 4 N–H and O–H groups in total. The fourth-order valence-electron chi connectivity index (χ4n) is 4.97. The van der Waals surface area contributed by atoms with Crippen molar-refractivity contribution in [2.24, 2.45) is 0 Å². The Labute approximate surface area is 300 Å². The molecule has 1 unspecified atom stereocenters. The highest BCUT2D eigenvalue weighted by atomic mass is 32.2. The third-order valence-electron chi connectivity index (χ3n) is 7.43. The standard InChI is InChI=1S/C40H36N4O6S/c1-26(45)41-30-18-20-31(21-19-30)42-40(48)37(27-11-6-4-7-12-27)51-34-16-10-15-32(24-34)43-39(47)35(44-38(46)28-13-8-5-9-14-28)23-29-17-22-33(49-2)25-36(29)50-3/h4-25,37H,1-3H3,(H,41,45)(H,42,48)(H,43,47)(H,44,46)/b35-23+. The second kappa shape index (κ2) is 17.4. The van der Waals surface area contributed by atoms with Gasteiger partial charge in [-0.3, -0.25) is 19.2 Å². The third-order valence-corrected chi connectivity index (χ3v) is 8.68. The lowest BCUT2D eigenvalue weighted by Gasteiger charge is -2.18. The number of carbonyl (C=O) groups is 4. The molecular formula is C40H36N4O6S. The van der Waals surface area contributed by atoms with Gasteiger partial charge < -0.3 is 30.7 Å². The number of hydrogen-bond donors (Lipinski definition) is 4. The lowest BCUT2D eigenvalue weighted by molar-refractivity contribution is -0.116. The number of thioether (sulfide) groups is 1. The average molecular weight is 701 g/mol. The van der Waals surface area contributed by atoms with E-state index >= 15 is 0 Å². The minimum Gasteiger partial charge on any atom is -0.497 e. The molecule has 0 radical (unpaired) electrons. The van der Waals surface area contributed by atoms with Crippen LogP contribution in [0.4, 0.5) is 17.1 Å². The van der Waals surface area contributed by atoms with Gasteiger partial charge in [0.2, 0.25) is 11.8 Å². The summed E-state index contributed by atoms with van der Waals surface area (Å²) in [5, 5.41) is 10.7. The van der Waals surface area contributed by atoms with Crippen LogP contribution in [0.3, 0.4) is 0 Å². The van der Waals surface area contributed by atoms with E-state index in [-0.39, 0.29) is 17.5 Å². The van der Waals surface area contributed by atoms with Crippen LogP contribution < -0.4 is 30.7 Å². The van der Waals surface area contributed by atoms with Gasteiger partial charge in [0, 0.05) is 46.1 Å². The smallest absolute Gasteiger partial charge is 0.272 e. The molecule has 0 aromatic heterocycles. The summed E-state index contributed by atoms with van der Waals surface area (Å²) in [6.45, 7) is 1.43. The summed E-state index contributed by atoms with van der Waals surface area (Å²) in [5.74, 6) is -0.460. The Bertz CT molecular complexity index is 2040. The van der Waals surface area contributed by atoms with E-state index in [4.69, 9.17) is 9.47 Å². The van der Waals surface area contributed by atoms with Crippen molar-refractivity contribution in [2.75, 3.05) is 30.2 Å². The van der Waals surface area contributed by atoms with E-state index in [0.717, 1.165) is 5.56 Å². The molecule has 0 saturated carbocycles. The quantitative estimate of drug-likeness (QED) is 0.0736. The van der Waals surface area contributed by atoms with Crippen LogP contribution in [0.15, 0.2) is 138 Å². The molecule has 0 aliphatic rings. The summed E-state index contributed by atoms with van der Waals surface area (Å²) in [4.78, 5) is 52.8. The van der Waals surface area contributed by atoms with Crippen molar-refractivity contribution in [3.05, 3.63) is 150 Å². The highest BCUT2D eigenvalue weighted by Gasteiger charge is 2.23. The Balaban J connectivity index is 1.38. The second-order valence-electron chi connectivity index (χ2n) is 11.1. The molecule has 5 aromatic rings. The molecule has 258 valence electrons. The fourth-order valence-corrected chi connectivity index (χ4v) is 6.05. The maximum Gasteiger partial charge on any atom is 0.272 e. The Morgan fingerprint density at radius 2 is 1.33 bits per heavy atom. The van der Waals surface area contributed by atoms with Gasteiger partial charge in [-0.2, -0.15) is 0 Å². The van der Waals surface area contributed by atoms with Crippen LogP contribution in [-0.2, 0) is 14.4 Å². The first-order valence-corrected chi connectivity index (χ1v) is 16.7. The number of nitrogens with one attached hydrogen (secondary N) is 4. The van der Waals surface area contributed by atoms with Gasteiger partial charge in [-0.15, -0.1) is 11.8 Å². The molecular weight excluding hydrogens is 665 g/mol. The van der Waals surface area contributed by atoms with Gasteiger partial charge in [0.25, 0.3) is 11.8 Å². The van der Waals surface area contributed by atoms with Gasteiger partial charge >= 0.3 is 0 Å². The molecule has 4 amide bonds. The number of hydrogen-bond acceptors (Lipinski definition) is 7. The number of ether oxygens (including phenoxy) is 2. The van der Waals surface area contributed by atoms with Gasteiger partial charge in [-0.1, -0.05) is 54.6 Å². The molecule has 0 bridgehead atoms. The molecule has 0 aliphatic heterocycles. The van der Waals surface area contributed by atoms with Crippen molar-refractivity contribution in [3.8, 4) is 11.5 Å². The zero-order chi connectivity index (χ0) is 36.2. The maximum absolute atomic E-state index is 13.8. The summed E-state index contributed by atoms with van der Waals surface area (Å²) in [6, 6.07) is 37.0. The number of methoxy groups -OCH3 is 2. The molecule has 11 heteroatoms. The van der Waals surface area contributed by atoms with Crippen LogP contribution in [0, 0.1) is 0 Å². The predicted molar refractivity (Wildman–Crippen MR) is 201 cm³/mol. The van der Waals surface area contributed by atoms with Gasteiger partial charge in [0.05, 0.1) is 14.2 Å². The maximum atomic E-state index is 13.8. The molecule has 5 rings (SSSR count). The van der Waals surface area contributed by atoms with Gasteiger partial charge in [-0.05, 0) is 78.4 Å². The van der Waals surface area contributed by atoms with Gasteiger partial charge in [0.1, 0.15) is 22.4 Å². The summed E-state index contributed by atoms with van der Waals surface area (Å²) in [5.41, 5.74) is 3.33. The highest BCUT2D eigenvalue weighted by Crippen LogP contribution is 2.37. The lowest BCUT2D eigenvalue weighted by Crippen LogP contribution is -2.30. The molecule has 51 heavy (non-hydrogen) atoms. The summed E-state index contributed by atoms with van der Waals surface area (Å²) >= 11 is 1.32. The van der Waals surface area contributed by atoms with Crippen LogP contribution in [-0.4, -0.2) is 37.8 Å². The van der Waals surface area contributed by atoms with Crippen molar-refractivity contribution in [1.29, 1.82) is 0 Å². The number of rotatable bonds is 13. The van der Waals surface area contributed by atoms with E-state index in [0.29, 0.717) is 44.6 Å². The van der Waals surface area contributed by atoms with Crippen molar-refractivity contribution in [1.82, 2.24) is 5.32 Å². The Hall–Kier alpha value is -6.33. The van der Waals surface area contributed by atoms with E-state index < -0.39 is 17.1 Å². The minimum atomic E-state index is -0.643. The molecule has 0 aliphatic carbocycles. The fraction of sp³-hybridized carbons (Fsp3) is 0.100. The van der Waals surface area contributed by atoms with Crippen LogP contribution >= 0.6 is 11.8 Å². The van der Waals surface area contributed by atoms with E-state index in [1.807, 2.05) is 36.4 Å². The monoisotopic (exact) mass is 700 g/mol. The van der Waals surface area contributed by atoms with Crippen LogP contribution in [0.5, 0.6) is 11.5 Å². The van der Waals surface area contributed by atoms with Crippen LogP contribution in [0.2, 0.25) is 0 Å². The van der Waals surface area contributed by atoms with Crippen molar-refractivity contribution >= 4 is 58.5 Å². The predicted octanol–water partition coefficient (Wildman–Crippen LogP) is 7.54. The minimum absolute atomic E-state index is 0.0172. The normalized spacial score (nSPS) is 11.5. The van der Waals surface area contributed by atoms with Crippen molar-refractivity contribution in [2.45, 2.75) is 17.1 Å². The molecule has 1 atom stereocenters. The number of benzene rings is 5. The molecule has 5 aromatic carbocycles. The molecule has 0 heterocycles. The Morgan fingerprint density at radius 3 is 1.98 bits per heavy atom. The number of anilines is 3. The Kier molecular flexibility index (Phi) is 12.2. The van der Waals surface area contributed by atoms with Crippen LogP contribution in [0.25, 0.3) is 6.08 Å². The topological polar surface area (TPSA) is 135 Å². The van der Waals surface area contributed by atoms with E-state index in [1.54, 1.807) is 98.1 Å². The van der Waals surface area contributed by atoms with Crippen molar-refractivity contribution in [3.63, 3.8) is 0 Å². The van der Waals surface area contributed by atoms with E-state index in [9.17, 15) is 19.2 Å². The highest BCUT2D eigenvalue weighted by molar-refractivity contribution is 8.00. The van der Waals surface area contributed by atoms with E-state index in [1.165, 1.54) is 31.9 Å². The molecule has 0 fully saturated rings. The van der Waals surface area contributed by atoms with Crippen molar-refractivity contribution < 1.29 is 28.7 Å². The molecule has 0 spiro atoms. The lowest BCUT2D eigenvalue weighted by atomic mass is 10.1. The van der Waals surface area contributed by atoms with Gasteiger partial charge in [0.15, 0.2) is 0 Å². The largest absolute Gasteiger partial charge is 0.497 e. The number of amides is 4. The first kappa shape index (κ1) is 36.0. The zero-order valence-electron chi connectivity index (χ0n) is 28.1. The average Bonchev–Trinajstić information content (AvgIpc) is 3.15. The SMILES string of the molecule is COc1ccc(/C=C(/NC(=O)c2ccccc2)C(=O)Nc2cccc(SC(C(=O)Nc3ccc(NC(C)=O)cc3)c3ccccc3)c2)c(OC)c1. The first-order valence-electron chi connectivity index (χ1n) is 15.8. The number of carbonyl (C=O) groups excluding carboxylic acids is 4. The van der Waals surface area contributed by atoms with Gasteiger partial charge in [-0.25, -0.2) is 0 Å². The summed E-state index contributed by atoms with van der Waals surface area (Å²) in [7, 11) is 3.05. The summed E-state index contributed by atoms with van der Waals surface area (Å²) < 4.78 is 10.8.